The van der Waals surface area contributed by atoms with Crippen LogP contribution in [-0.4, -0.2) is 0 Å². The van der Waals surface area contributed by atoms with Gasteiger partial charge in [-0.15, -0.1) is 0 Å². The normalized spacial score (nSPS) is 4.40. The standard InChI is InChI=1S/2BrH.2H2N.Pt/h2*1H;2*1H2;/q;;2*-1;+4/p-2. The quantitative estimate of drug-likeness (QED) is 0.614. The van der Waals surface area contributed by atoms with Gasteiger partial charge in [0.05, 0.1) is 0 Å². The smallest absolute Gasteiger partial charge is 0.693 e. The van der Waals surface area contributed by atoms with Crippen LogP contribution in [0.4, 0.5) is 0 Å². The molecule has 0 saturated heterocycles. The van der Waals surface area contributed by atoms with Crippen molar-refractivity contribution in [1.29, 1.82) is 0 Å². The number of hydrogen-bond acceptors (Lipinski definition) is 0. The Labute approximate surface area is 53.1 Å². The van der Waals surface area contributed by atoms with Crippen molar-refractivity contribution in [3.05, 3.63) is 12.3 Å². The Bertz CT molecular complexity index is 7.61. The molecule has 0 spiro atoms. The van der Waals surface area contributed by atoms with Crippen LogP contribution in [0.3, 0.4) is 0 Å². The van der Waals surface area contributed by atoms with Crippen LogP contribution < -0.4 is 0 Å². The van der Waals surface area contributed by atoms with Crippen molar-refractivity contribution in [2.75, 3.05) is 0 Å². The van der Waals surface area contributed by atoms with E-state index >= 15 is 0 Å². The molecule has 0 aromatic heterocycles. The summed E-state index contributed by atoms with van der Waals surface area (Å²) >= 11 is 6.56. The number of halogens is 2. The molecule has 5 heteroatoms. The average Bonchev–Trinajstić information content (AvgIpc) is 0.918. The minimum Gasteiger partial charge on any atom is -0.693 e. The van der Waals surface area contributed by atoms with Crippen molar-refractivity contribution in [3.8, 4) is 0 Å². The van der Waals surface area contributed by atoms with Crippen molar-refractivity contribution in [2.24, 2.45) is 0 Å². The summed E-state index contributed by atoms with van der Waals surface area (Å²) in [5.41, 5.74) is 0. The second kappa shape index (κ2) is 17.6. The molecule has 0 rings (SSSR count). The van der Waals surface area contributed by atoms with Gasteiger partial charge in [0.2, 0.25) is 0 Å². The summed E-state index contributed by atoms with van der Waals surface area (Å²) in [6, 6.07) is 0. The molecule has 0 aliphatic carbocycles. The molecule has 0 aliphatic rings. The number of nitrogens with two attached hydrogens (primary N) is 2. The van der Waals surface area contributed by atoms with Gasteiger partial charge < -0.3 is 12.3 Å². The maximum atomic E-state index is 3.17. The van der Waals surface area contributed by atoms with Crippen molar-refractivity contribution < 1.29 is 14.5 Å². The molecule has 0 aromatic carbocycles. The molecular formula is H4Br2N2Pt. The van der Waals surface area contributed by atoms with E-state index in [1.165, 1.54) is 0 Å². The van der Waals surface area contributed by atoms with Gasteiger partial charge in [-0.1, -0.05) is 0 Å². The van der Waals surface area contributed by atoms with Crippen LogP contribution >= 0.6 is 26.6 Å². The molecule has 5 heavy (non-hydrogen) atoms. The van der Waals surface area contributed by atoms with E-state index in [0.29, 0.717) is 0 Å². The first-order valence-electron chi connectivity index (χ1n) is 0.239. The third-order valence-electron chi connectivity index (χ3n) is 0. The maximum absolute atomic E-state index is 3.17. The van der Waals surface area contributed by atoms with Crippen LogP contribution in [0.5, 0.6) is 0 Å². The molecule has 0 heterocycles. The molecule has 38 valence electrons. The van der Waals surface area contributed by atoms with E-state index in [-0.39, 0.29) is 26.8 Å². The molecule has 0 bridgehead atoms. The van der Waals surface area contributed by atoms with Crippen LogP contribution in [0.1, 0.15) is 0 Å². The second-order valence-corrected chi connectivity index (χ2v) is 9.98. The minimum absolute atomic E-state index is 0. The predicted octanol–water partition coefficient (Wildman–Crippen LogP) is 3.12. The number of hydrogen-bond donors (Lipinski definition) is 0. The molecular weight excluding hydrogens is 383 g/mol. The molecule has 0 radical (unpaired) electrons. The van der Waals surface area contributed by atoms with Gasteiger partial charge in [0, 0.05) is 0 Å². The summed E-state index contributed by atoms with van der Waals surface area (Å²) in [6.45, 7) is 0. The van der Waals surface area contributed by atoms with Crippen LogP contribution in [0.25, 0.3) is 12.3 Å². The molecule has 2 nitrogen and oxygen atoms in total. The van der Waals surface area contributed by atoms with E-state index < -0.39 is 0 Å². The monoisotopic (exact) mass is 385 g/mol. The zero-order valence-corrected chi connectivity index (χ0v) is 7.67. The van der Waals surface area contributed by atoms with E-state index in [9.17, 15) is 0 Å². The van der Waals surface area contributed by atoms with E-state index in [1.807, 2.05) is 0 Å². The third kappa shape index (κ3) is 28.8. The number of rotatable bonds is 0. The molecule has 0 fully saturated rings. The zero-order valence-electron chi connectivity index (χ0n) is 2.23. The first-order valence-corrected chi connectivity index (χ1v) is 10.2. The molecule has 0 atom stereocenters. The summed E-state index contributed by atoms with van der Waals surface area (Å²) in [7, 11) is 0. The summed E-state index contributed by atoms with van der Waals surface area (Å²) in [4.78, 5) is 0. The van der Waals surface area contributed by atoms with Gasteiger partial charge in [0.15, 0.2) is 0 Å². The molecule has 0 amide bonds. The van der Waals surface area contributed by atoms with Gasteiger partial charge in [-0.3, -0.25) is 0 Å². The Hall–Kier alpha value is 1.57. The molecule has 0 saturated carbocycles. The second-order valence-electron chi connectivity index (χ2n) is 0.0452. The van der Waals surface area contributed by atoms with Gasteiger partial charge in [-0.2, -0.15) is 0 Å². The minimum atomic E-state index is 0. The van der Waals surface area contributed by atoms with Crippen molar-refractivity contribution in [2.45, 2.75) is 0 Å². The van der Waals surface area contributed by atoms with E-state index in [4.69, 9.17) is 0 Å². The average molecular weight is 387 g/mol. The van der Waals surface area contributed by atoms with Gasteiger partial charge in [-0.05, 0) is 0 Å². The fourth-order valence-corrected chi connectivity index (χ4v) is 0. The maximum Gasteiger partial charge on any atom is -0.693 e. The predicted molar refractivity (Wildman–Crippen MR) is 28.4 cm³/mol. The van der Waals surface area contributed by atoms with Gasteiger partial charge in [0.1, 0.15) is 0 Å². The van der Waals surface area contributed by atoms with Gasteiger partial charge >= 0.3 is 41.0 Å². The first-order chi connectivity index (χ1) is 1.41. The van der Waals surface area contributed by atoms with E-state index in [2.05, 4.69) is 26.6 Å². The molecule has 0 aromatic rings. The fraction of sp³-hybridized carbons (Fsp3) is 0. The molecule has 0 unspecified atom stereocenters. The van der Waals surface area contributed by atoms with Crippen molar-refractivity contribution in [1.82, 2.24) is 0 Å². The van der Waals surface area contributed by atoms with Crippen molar-refractivity contribution in [3.63, 3.8) is 0 Å². The fourth-order valence-electron chi connectivity index (χ4n) is 0. The van der Waals surface area contributed by atoms with Crippen LogP contribution in [-0.2, 0) is 14.5 Å². The van der Waals surface area contributed by atoms with E-state index in [1.54, 1.807) is 0 Å². The van der Waals surface area contributed by atoms with Crippen LogP contribution in [0.15, 0.2) is 0 Å². The molecule has 4 N–H and O–H groups in total. The molecule has 0 aliphatic heterocycles. The summed E-state index contributed by atoms with van der Waals surface area (Å²) in [6.07, 6.45) is 0. The summed E-state index contributed by atoms with van der Waals surface area (Å²) in [5, 5.41) is 0. The van der Waals surface area contributed by atoms with Gasteiger partial charge in [0.25, 0.3) is 0 Å². The topological polar surface area (TPSA) is 67.0 Å². The Balaban J connectivity index is -0.0000000200. The first kappa shape index (κ1) is 16.0. The van der Waals surface area contributed by atoms with Crippen LogP contribution in [0.2, 0.25) is 0 Å². The Morgan fingerprint density at radius 1 is 1.00 bits per heavy atom. The Kier molecular flexibility index (Phi) is 56.4. The Morgan fingerprint density at radius 3 is 1.00 bits per heavy atom. The van der Waals surface area contributed by atoms with Crippen LogP contribution in [0, 0.1) is 0 Å². The summed E-state index contributed by atoms with van der Waals surface area (Å²) < 4.78 is 0. The van der Waals surface area contributed by atoms with Crippen molar-refractivity contribution >= 4 is 26.6 Å². The van der Waals surface area contributed by atoms with E-state index in [0.717, 1.165) is 0 Å². The van der Waals surface area contributed by atoms with Gasteiger partial charge in [-0.25, -0.2) is 0 Å². The Morgan fingerprint density at radius 2 is 1.00 bits per heavy atom. The third-order valence-corrected chi connectivity index (χ3v) is 0. The summed E-state index contributed by atoms with van der Waals surface area (Å²) in [5.74, 6) is 0. The zero-order chi connectivity index (χ0) is 2.71. The largest absolute Gasteiger partial charge is 0.693 e. The SMILES string of the molecule is [Br][Pt+2][Br].[NH2-].[NH2-].